The number of carbonyl (C=O) groups excluding carboxylic acids is 1. The van der Waals surface area contributed by atoms with Gasteiger partial charge in [-0.2, -0.15) is 4.31 Å². The molecule has 3 aromatic carbocycles. The molecule has 3 aromatic rings. The first-order chi connectivity index (χ1) is 17.0. The molecule has 0 spiro atoms. The topological polar surface area (TPSA) is 75.7 Å². The van der Waals surface area contributed by atoms with Crippen molar-refractivity contribution >= 4 is 15.9 Å². The monoisotopic (exact) mass is 490 g/mol. The number of rotatable bonds is 6. The fraction of sp³-hybridized carbons (Fsp3) is 0.321. The van der Waals surface area contributed by atoms with E-state index < -0.39 is 15.9 Å². The Morgan fingerprint density at radius 1 is 0.943 bits per heavy atom. The molecule has 2 heterocycles. The number of ether oxygens (including phenoxy) is 1. The number of aryl methyl sites for hydroxylation is 1. The van der Waals surface area contributed by atoms with E-state index >= 15 is 0 Å². The summed E-state index contributed by atoms with van der Waals surface area (Å²) < 4.78 is 33.5. The maximum absolute atomic E-state index is 13.5. The van der Waals surface area contributed by atoms with Gasteiger partial charge in [-0.05, 0) is 66.6 Å². The highest BCUT2D eigenvalue weighted by Gasteiger charge is 2.34. The number of hydrogen-bond donors (Lipinski definition) is 1. The smallest absolute Gasteiger partial charge is 0.243 e. The number of amides is 1. The van der Waals surface area contributed by atoms with Crippen LogP contribution in [0.5, 0.6) is 5.75 Å². The Morgan fingerprint density at radius 3 is 2.46 bits per heavy atom. The Bertz CT molecular complexity index is 1280. The first-order valence-electron chi connectivity index (χ1n) is 12.2. The molecule has 2 atom stereocenters. The first kappa shape index (κ1) is 23.6. The summed E-state index contributed by atoms with van der Waals surface area (Å²) in [5.41, 5.74) is 3.14. The second kappa shape index (κ2) is 10.2. The highest BCUT2D eigenvalue weighted by Crippen LogP contribution is 2.31. The van der Waals surface area contributed by atoms with E-state index in [9.17, 15) is 13.2 Å². The quantitative estimate of drug-likeness (QED) is 0.559. The van der Waals surface area contributed by atoms with Crippen molar-refractivity contribution in [1.29, 1.82) is 0 Å². The standard InChI is InChI=1S/C28H30N2O4S/c31-28(24-11-7-17-30(20-24)35(32,33)25-13-5-2-6-14-25)29-27(21-9-3-1-4-10-21)23-15-16-26-22(19-23)12-8-18-34-26/h1-6,9-10,13-16,19,24,27H,7-8,11-12,17-18,20H2,(H,29,31). The van der Waals surface area contributed by atoms with Crippen molar-refractivity contribution in [2.45, 2.75) is 36.6 Å². The van der Waals surface area contributed by atoms with Crippen molar-refractivity contribution in [2.24, 2.45) is 5.92 Å². The SMILES string of the molecule is O=C(NC(c1ccccc1)c1ccc2c(c1)CCCO2)C1CCCN(S(=O)(=O)c2ccccc2)C1. The van der Waals surface area contributed by atoms with E-state index in [0.29, 0.717) is 19.4 Å². The fourth-order valence-corrected chi connectivity index (χ4v) is 6.49. The Kier molecular flexibility index (Phi) is 6.88. The summed E-state index contributed by atoms with van der Waals surface area (Å²) in [6.45, 7) is 1.34. The summed E-state index contributed by atoms with van der Waals surface area (Å²) in [5, 5.41) is 3.24. The fourth-order valence-electron chi connectivity index (χ4n) is 4.94. The molecule has 2 aliphatic heterocycles. The van der Waals surface area contributed by atoms with Crippen molar-refractivity contribution in [3.8, 4) is 5.75 Å². The molecular formula is C28H30N2O4S. The minimum atomic E-state index is -3.63. The Balaban J connectivity index is 1.37. The van der Waals surface area contributed by atoms with Crippen LogP contribution in [0.4, 0.5) is 0 Å². The van der Waals surface area contributed by atoms with E-state index in [1.54, 1.807) is 30.3 Å². The zero-order valence-corrected chi connectivity index (χ0v) is 20.4. The van der Waals surface area contributed by atoms with Crippen molar-refractivity contribution in [3.63, 3.8) is 0 Å². The molecule has 1 amide bonds. The van der Waals surface area contributed by atoms with Crippen molar-refractivity contribution in [2.75, 3.05) is 19.7 Å². The van der Waals surface area contributed by atoms with Crippen LogP contribution in [0.15, 0.2) is 83.8 Å². The van der Waals surface area contributed by atoms with Crippen LogP contribution in [0, 0.1) is 5.92 Å². The first-order valence-corrected chi connectivity index (χ1v) is 13.6. The summed E-state index contributed by atoms with van der Waals surface area (Å²) in [7, 11) is -3.63. The third kappa shape index (κ3) is 5.11. The number of sulfonamides is 1. The number of nitrogens with one attached hydrogen (secondary N) is 1. The molecule has 7 heteroatoms. The largest absolute Gasteiger partial charge is 0.493 e. The number of piperidine rings is 1. The predicted octanol–water partition coefficient (Wildman–Crippen LogP) is 4.32. The zero-order valence-electron chi connectivity index (χ0n) is 19.6. The lowest BCUT2D eigenvalue weighted by atomic mass is 9.93. The molecule has 0 saturated carbocycles. The van der Waals surface area contributed by atoms with Crippen LogP contribution in [0.2, 0.25) is 0 Å². The van der Waals surface area contributed by atoms with E-state index in [1.165, 1.54) is 4.31 Å². The lowest BCUT2D eigenvalue weighted by molar-refractivity contribution is -0.126. The number of fused-ring (bicyclic) bond motifs is 1. The van der Waals surface area contributed by atoms with Gasteiger partial charge < -0.3 is 10.1 Å². The Labute approximate surface area is 207 Å². The van der Waals surface area contributed by atoms with E-state index in [0.717, 1.165) is 41.9 Å². The van der Waals surface area contributed by atoms with Gasteiger partial charge >= 0.3 is 0 Å². The maximum Gasteiger partial charge on any atom is 0.243 e. The third-order valence-electron chi connectivity index (χ3n) is 6.82. The van der Waals surface area contributed by atoms with Crippen molar-refractivity contribution < 1.29 is 17.9 Å². The predicted molar refractivity (Wildman–Crippen MR) is 135 cm³/mol. The van der Waals surface area contributed by atoms with E-state index in [1.807, 2.05) is 42.5 Å². The molecule has 0 aromatic heterocycles. The minimum Gasteiger partial charge on any atom is -0.493 e. The molecule has 35 heavy (non-hydrogen) atoms. The van der Waals surface area contributed by atoms with Gasteiger partial charge in [0.05, 0.1) is 23.5 Å². The summed E-state index contributed by atoms with van der Waals surface area (Å²) in [5.74, 6) is 0.377. The van der Waals surface area contributed by atoms with Crippen LogP contribution in [-0.4, -0.2) is 38.3 Å². The number of hydrogen-bond acceptors (Lipinski definition) is 4. The molecule has 182 valence electrons. The molecule has 2 aliphatic rings. The summed E-state index contributed by atoms with van der Waals surface area (Å²) in [6.07, 6.45) is 3.24. The number of nitrogens with zero attached hydrogens (tertiary/aromatic N) is 1. The highest BCUT2D eigenvalue weighted by molar-refractivity contribution is 7.89. The van der Waals surface area contributed by atoms with Gasteiger partial charge in [0.1, 0.15) is 5.75 Å². The van der Waals surface area contributed by atoms with Crippen LogP contribution < -0.4 is 10.1 Å². The van der Waals surface area contributed by atoms with Gasteiger partial charge in [0.25, 0.3) is 0 Å². The third-order valence-corrected chi connectivity index (χ3v) is 8.70. The molecular weight excluding hydrogens is 460 g/mol. The lowest BCUT2D eigenvalue weighted by Crippen LogP contribution is -2.46. The van der Waals surface area contributed by atoms with Crippen molar-refractivity contribution in [1.82, 2.24) is 9.62 Å². The molecule has 5 rings (SSSR count). The normalized spacial score (nSPS) is 19.3. The average Bonchev–Trinajstić information content (AvgIpc) is 2.92. The average molecular weight is 491 g/mol. The molecule has 6 nitrogen and oxygen atoms in total. The maximum atomic E-state index is 13.5. The Morgan fingerprint density at radius 2 is 1.69 bits per heavy atom. The lowest BCUT2D eigenvalue weighted by Gasteiger charge is -2.32. The number of benzene rings is 3. The molecule has 1 saturated heterocycles. The van der Waals surface area contributed by atoms with Gasteiger partial charge in [0.2, 0.25) is 15.9 Å². The van der Waals surface area contributed by atoms with E-state index in [4.69, 9.17) is 4.74 Å². The van der Waals surface area contributed by atoms with E-state index in [-0.39, 0.29) is 23.4 Å². The van der Waals surface area contributed by atoms with Crippen LogP contribution in [-0.2, 0) is 21.2 Å². The highest BCUT2D eigenvalue weighted by atomic mass is 32.2. The molecule has 0 radical (unpaired) electrons. The number of carbonyl (C=O) groups is 1. The summed E-state index contributed by atoms with van der Waals surface area (Å²) in [6, 6.07) is 24.1. The van der Waals surface area contributed by atoms with Crippen molar-refractivity contribution in [3.05, 3.63) is 95.6 Å². The van der Waals surface area contributed by atoms with Gasteiger partial charge in [-0.1, -0.05) is 54.6 Å². The van der Waals surface area contributed by atoms with Crippen LogP contribution in [0.1, 0.15) is 42.0 Å². The van der Waals surface area contributed by atoms with Gasteiger partial charge in [0, 0.05) is 13.1 Å². The van der Waals surface area contributed by atoms with Crippen LogP contribution >= 0.6 is 0 Å². The zero-order chi connectivity index (χ0) is 24.3. The minimum absolute atomic E-state index is 0.124. The second-order valence-electron chi connectivity index (χ2n) is 9.19. The van der Waals surface area contributed by atoms with Gasteiger partial charge in [-0.15, -0.1) is 0 Å². The van der Waals surface area contributed by atoms with E-state index in [2.05, 4.69) is 11.4 Å². The molecule has 1 N–H and O–H groups in total. The van der Waals surface area contributed by atoms with Gasteiger partial charge in [-0.3, -0.25) is 4.79 Å². The molecule has 0 bridgehead atoms. The van der Waals surface area contributed by atoms with Crippen LogP contribution in [0.25, 0.3) is 0 Å². The second-order valence-corrected chi connectivity index (χ2v) is 11.1. The molecule has 1 fully saturated rings. The summed E-state index contributed by atoms with van der Waals surface area (Å²) in [4.78, 5) is 13.8. The Hall–Kier alpha value is -3.16. The van der Waals surface area contributed by atoms with Crippen LogP contribution in [0.3, 0.4) is 0 Å². The molecule has 0 aliphatic carbocycles. The molecule has 2 unspecified atom stereocenters. The van der Waals surface area contributed by atoms with Gasteiger partial charge in [0.15, 0.2) is 0 Å². The summed E-state index contributed by atoms with van der Waals surface area (Å²) >= 11 is 0. The van der Waals surface area contributed by atoms with Gasteiger partial charge in [-0.25, -0.2) is 8.42 Å².